The van der Waals surface area contributed by atoms with Gasteiger partial charge in [0.05, 0.1) is 4.90 Å². The van der Waals surface area contributed by atoms with Gasteiger partial charge in [-0.3, -0.25) is 9.52 Å². The van der Waals surface area contributed by atoms with Gasteiger partial charge >= 0.3 is 0 Å². The number of carbonyl (C=O) groups excluding carboxylic acids is 1. The van der Waals surface area contributed by atoms with Crippen molar-refractivity contribution in [1.29, 1.82) is 0 Å². The van der Waals surface area contributed by atoms with Crippen molar-refractivity contribution in [2.45, 2.75) is 18.4 Å². The number of amides is 1. The lowest BCUT2D eigenvalue weighted by Crippen LogP contribution is -2.14. The van der Waals surface area contributed by atoms with Gasteiger partial charge in [0.1, 0.15) is 6.33 Å². The van der Waals surface area contributed by atoms with Gasteiger partial charge in [0.15, 0.2) is 5.82 Å². The number of hydrogen-bond acceptors (Lipinski definition) is 5. The molecule has 0 aliphatic carbocycles. The molecule has 0 bridgehead atoms. The Morgan fingerprint density at radius 1 is 1.19 bits per heavy atom. The van der Waals surface area contributed by atoms with Gasteiger partial charge in [0.2, 0.25) is 5.91 Å². The van der Waals surface area contributed by atoms with Gasteiger partial charge in [-0.2, -0.15) is 0 Å². The third kappa shape index (κ3) is 3.57. The van der Waals surface area contributed by atoms with Crippen molar-refractivity contribution in [1.82, 2.24) is 14.8 Å². The van der Waals surface area contributed by atoms with Crippen LogP contribution in [0.15, 0.2) is 59.8 Å². The number of benzene rings is 2. The summed E-state index contributed by atoms with van der Waals surface area (Å²) in [6.07, 6.45) is 1.62. The molecule has 0 unspecified atom stereocenters. The second-order valence-corrected chi connectivity index (χ2v) is 7.20. The second-order valence-electron chi connectivity index (χ2n) is 5.52. The Balaban J connectivity index is 1.88. The highest BCUT2D eigenvalue weighted by Gasteiger charge is 2.16. The first kappa shape index (κ1) is 17.6. The Hall–Kier alpha value is -3.20. The highest BCUT2D eigenvalue weighted by atomic mass is 32.2. The minimum Gasteiger partial charge on any atom is -0.366 e. The third-order valence-corrected chi connectivity index (χ3v) is 5.18. The molecule has 1 amide bonds. The van der Waals surface area contributed by atoms with E-state index in [2.05, 4.69) is 14.9 Å². The van der Waals surface area contributed by atoms with E-state index in [9.17, 15) is 13.2 Å². The number of hydrogen-bond donors (Lipinski definition) is 2. The predicted octanol–water partition coefficient (Wildman–Crippen LogP) is 1.86. The largest absolute Gasteiger partial charge is 0.366 e. The van der Waals surface area contributed by atoms with E-state index in [1.54, 1.807) is 24.5 Å². The van der Waals surface area contributed by atoms with Crippen LogP contribution in [-0.2, 0) is 16.6 Å². The summed E-state index contributed by atoms with van der Waals surface area (Å²) < 4.78 is 29.5. The molecule has 0 spiro atoms. The molecule has 3 N–H and O–H groups in total. The van der Waals surface area contributed by atoms with E-state index in [0.717, 1.165) is 5.56 Å². The number of nitrogens with zero attached hydrogens (tertiary/aromatic N) is 3. The number of sulfonamides is 1. The minimum atomic E-state index is -3.80. The molecule has 0 aliphatic heterocycles. The average Bonchev–Trinajstić information content (AvgIpc) is 3.10. The van der Waals surface area contributed by atoms with Gasteiger partial charge in [-0.05, 0) is 43.3 Å². The molecule has 0 radical (unpaired) electrons. The summed E-state index contributed by atoms with van der Waals surface area (Å²) in [5.41, 5.74) is 6.55. The van der Waals surface area contributed by atoms with Crippen molar-refractivity contribution < 1.29 is 13.2 Å². The molecule has 9 heteroatoms. The monoisotopic (exact) mass is 371 g/mol. The fourth-order valence-corrected chi connectivity index (χ4v) is 3.49. The Labute approximate surface area is 150 Å². The molecule has 1 heterocycles. The van der Waals surface area contributed by atoms with Gasteiger partial charge in [-0.1, -0.05) is 12.1 Å². The zero-order valence-corrected chi connectivity index (χ0v) is 14.8. The molecular weight excluding hydrogens is 354 g/mol. The molecule has 1 aromatic heterocycles. The Kier molecular flexibility index (Phi) is 4.72. The van der Waals surface area contributed by atoms with E-state index >= 15 is 0 Å². The zero-order valence-electron chi connectivity index (χ0n) is 14.0. The highest BCUT2D eigenvalue weighted by Crippen LogP contribution is 2.23. The molecule has 8 nitrogen and oxygen atoms in total. The van der Waals surface area contributed by atoms with E-state index in [-0.39, 0.29) is 10.5 Å². The van der Waals surface area contributed by atoms with Crippen molar-refractivity contribution >= 4 is 21.6 Å². The molecular formula is C17H17N5O3S. The van der Waals surface area contributed by atoms with Crippen LogP contribution in [0.25, 0.3) is 11.4 Å². The zero-order chi connectivity index (χ0) is 18.7. The molecule has 0 saturated carbocycles. The first-order valence-corrected chi connectivity index (χ1v) is 9.30. The average molecular weight is 371 g/mol. The molecule has 26 heavy (non-hydrogen) atoms. The summed E-state index contributed by atoms with van der Waals surface area (Å²) in [4.78, 5) is 11.1. The Morgan fingerprint density at radius 2 is 1.92 bits per heavy atom. The van der Waals surface area contributed by atoms with Crippen LogP contribution in [0.4, 0.5) is 5.69 Å². The number of aryl methyl sites for hydroxylation is 1. The van der Waals surface area contributed by atoms with Crippen LogP contribution in [0.2, 0.25) is 0 Å². The summed E-state index contributed by atoms with van der Waals surface area (Å²) in [5, 5.41) is 7.95. The number of aromatic nitrogens is 3. The topological polar surface area (TPSA) is 120 Å². The van der Waals surface area contributed by atoms with Gasteiger partial charge in [0.25, 0.3) is 10.0 Å². The van der Waals surface area contributed by atoms with Crippen molar-refractivity contribution in [2.24, 2.45) is 5.73 Å². The molecule has 0 aliphatic rings. The van der Waals surface area contributed by atoms with Crippen molar-refractivity contribution in [3.05, 3.63) is 60.4 Å². The summed E-state index contributed by atoms with van der Waals surface area (Å²) in [7, 11) is -3.80. The normalized spacial score (nSPS) is 11.3. The van der Waals surface area contributed by atoms with E-state index in [1.807, 2.05) is 17.6 Å². The van der Waals surface area contributed by atoms with Gasteiger partial charge in [-0.15, -0.1) is 10.2 Å². The quantitative estimate of drug-likeness (QED) is 0.685. The Bertz CT molecular complexity index is 1040. The van der Waals surface area contributed by atoms with Crippen LogP contribution >= 0.6 is 0 Å². The lowest BCUT2D eigenvalue weighted by Gasteiger charge is -2.10. The van der Waals surface area contributed by atoms with Crippen LogP contribution in [0.3, 0.4) is 0 Å². The van der Waals surface area contributed by atoms with Crippen LogP contribution in [0, 0.1) is 0 Å². The number of anilines is 1. The predicted molar refractivity (Wildman–Crippen MR) is 96.9 cm³/mol. The lowest BCUT2D eigenvalue weighted by molar-refractivity contribution is 0.1000. The summed E-state index contributed by atoms with van der Waals surface area (Å²) >= 11 is 0. The standard InChI is InChI=1S/C17H17N5O3S/c1-2-22-11-19-20-17(22)13-4-3-5-14(10-13)21-26(24,25)15-8-6-12(7-9-15)16(18)23/h3-11,21H,2H2,1H3,(H2,18,23). The molecule has 2 aromatic carbocycles. The van der Waals surface area contributed by atoms with E-state index in [1.165, 1.54) is 24.3 Å². The maximum absolute atomic E-state index is 12.5. The molecule has 0 saturated heterocycles. The molecule has 134 valence electrons. The minimum absolute atomic E-state index is 0.0321. The Morgan fingerprint density at radius 3 is 2.58 bits per heavy atom. The van der Waals surface area contributed by atoms with Gasteiger partial charge in [-0.25, -0.2) is 8.42 Å². The van der Waals surface area contributed by atoms with Crippen LogP contribution < -0.4 is 10.5 Å². The van der Waals surface area contributed by atoms with E-state index < -0.39 is 15.9 Å². The van der Waals surface area contributed by atoms with Crippen molar-refractivity contribution in [2.75, 3.05) is 4.72 Å². The van der Waals surface area contributed by atoms with Crippen molar-refractivity contribution in [3.8, 4) is 11.4 Å². The molecule has 0 fully saturated rings. The fraction of sp³-hybridized carbons (Fsp3) is 0.118. The molecule has 0 atom stereocenters. The van der Waals surface area contributed by atoms with Crippen molar-refractivity contribution in [3.63, 3.8) is 0 Å². The second kappa shape index (κ2) is 6.96. The lowest BCUT2D eigenvalue weighted by atomic mass is 10.2. The first-order chi connectivity index (χ1) is 12.4. The van der Waals surface area contributed by atoms with Crippen LogP contribution in [-0.4, -0.2) is 29.1 Å². The summed E-state index contributed by atoms with van der Waals surface area (Å²) in [5.74, 6) is 0.0361. The first-order valence-electron chi connectivity index (χ1n) is 7.81. The maximum Gasteiger partial charge on any atom is 0.261 e. The highest BCUT2D eigenvalue weighted by molar-refractivity contribution is 7.92. The SMILES string of the molecule is CCn1cnnc1-c1cccc(NS(=O)(=O)c2ccc(C(N)=O)cc2)c1. The van der Waals surface area contributed by atoms with Gasteiger partial charge < -0.3 is 10.3 Å². The van der Waals surface area contributed by atoms with Gasteiger partial charge in [0, 0.05) is 23.4 Å². The number of nitrogens with one attached hydrogen (secondary N) is 1. The molecule has 3 rings (SSSR count). The maximum atomic E-state index is 12.5. The number of nitrogens with two attached hydrogens (primary N) is 1. The fourth-order valence-electron chi connectivity index (χ4n) is 2.44. The summed E-state index contributed by atoms with van der Waals surface area (Å²) in [6.45, 7) is 2.67. The summed E-state index contributed by atoms with van der Waals surface area (Å²) in [6, 6.07) is 12.3. The third-order valence-electron chi connectivity index (χ3n) is 3.78. The van der Waals surface area contributed by atoms with E-state index in [4.69, 9.17) is 5.73 Å². The number of primary amides is 1. The molecule has 3 aromatic rings. The van der Waals surface area contributed by atoms with E-state index in [0.29, 0.717) is 18.1 Å². The van der Waals surface area contributed by atoms with Crippen LogP contribution in [0.1, 0.15) is 17.3 Å². The smallest absolute Gasteiger partial charge is 0.261 e. The number of rotatable bonds is 6. The van der Waals surface area contributed by atoms with Crippen LogP contribution in [0.5, 0.6) is 0 Å². The number of carbonyl (C=O) groups is 1.